The minimum atomic E-state index is -2.28. The first-order valence-corrected chi connectivity index (χ1v) is 19.5. The highest BCUT2D eigenvalue weighted by molar-refractivity contribution is 6.74. The third kappa shape index (κ3) is 7.70. The Kier molecular flexibility index (Phi) is 12.3. The van der Waals surface area contributed by atoms with Crippen LogP contribution in [0.2, 0.25) is 18.1 Å². The van der Waals surface area contributed by atoms with Crippen LogP contribution in [0.5, 0.6) is 0 Å². The Balaban J connectivity index is 2.13. The van der Waals surface area contributed by atoms with Crippen LogP contribution in [-0.4, -0.2) is 63.9 Å². The van der Waals surface area contributed by atoms with Crippen molar-refractivity contribution in [1.82, 2.24) is 0 Å². The smallest absolute Gasteiger partial charge is 0.320 e. The normalized spacial score (nSPS) is 25.7. The number of allylic oxidation sites excluding steroid dienone is 1. The summed E-state index contributed by atoms with van der Waals surface area (Å²) in [7, 11) is 0.150. The SMILES string of the molecule is COC(=O)C(CC(C)C(=O)CC1=C(C)[C@@H](O[Si](C)(C)C(C)(C)C)C[C@]2(O[C@@H](c3ccccc3)O[C@H]2/C=C/CCl)C1(C)C)C(=O)OC. The molecular weight excluding hydrogens is 624 g/mol. The van der Waals surface area contributed by atoms with E-state index in [1.807, 2.05) is 42.5 Å². The molecule has 0 aromatic heterocycles. The highest BCUT2D eigenvalue weighted by Gasteiger charge is 2.63. The molecule has 46 heavy (non-hydrogen) atoms. The highest BCUT2D eigenvalue weighted by atomic mass is 35.5. The number of hydrogen-bond acceptors (Lipinski definition) is 8. The molecule has 10 heteroatoms. The Morgan fingerprint density at radius 2 is 1.67 bits per heavy atom. The molecule has 0 amide bonds. The molecule has 0 radical (unpaired) electrons. The lowest BCUT2D eigenvalue weighted by atomic mass is 9.58. The van der Waals surface area contributed by atoms with E-state index in [1.54, 1.807) is 6.92 Å². The Morgan fingerprint density at radius 1 is 1.09 bits per heavy atom. The average molecular weight is 677 g/mol. The van der Waals surface area contributed by atoms with Gasteiger partial charge in [-0.1, -0.05) is 89.6 Å². The zero-order valence-electron chi connectivity index (χ0n) is 29.4. The van der Waals surface area contributed by atoms with Crippen LogP contribution in [0.3, 0.4) is 0 Å². The van der Waals surface area contributed by atoms with E-state index in [2.05, 4.69) is 54.6 Å². The summed E-state index contributed by atoms with van der Waals surface area (Å²) in [4.78, 5) is 38.8. The standard InChI is InChI=1S/C36H53ClO8Si/c1-23(20-26(31(39)41-8)32(40)42-9)28(38)21-27-24(2)29(45-46(10,11)34(3,4)5)22-36(35(27,6)7)30(18-15-19-37)43-33(44-36)25-16-13-12-14-17-25/h12-18,23,26,29-30,33H,19-22H2,1-11H3/b18-15+/t23?,29-,30-,33-,36+/m0/s1. The summed E-state index contributed by atoms with van der Waals surface area (Å²) in [6, 6.07) is 9.83. The van der Waals surface area contributed by atoms with E-state index in [1.165, 1.54) is 14.2 Å². The molecule has 1 aliphatic carbocycles. The molecule has 256 valence electrons. The van der Waals surface area contributed by atoms with Gasteiger partial charge in [0.1, 0.15) is 17.5 Å². The lowest BCUT2D eigenvalue weighted by Gasteiger charge is -2.54. The summed E-state index contributed by atoms with van der Waals surface area (Å²) < 4.78 is 30.5. The largest absolute Gasteiger partial charge is 0.468 e. The Bertz CT molecular complexity index is 1300. The van der Waals surface area contributed by atoms with Gasteiger partial charge in [0.15, 0.2) is 20.5 Å². The van der Waals surface area contributed by atoms with Gasteiger partial charge in [0.05, 0.1) is 20.3 Å². The van der Waals surface area contributed by atoms with E-state index in [0.717, 1.165) is 16.7 Å². The molecule has 1 fully saturated rings. The van der Waals surface area contributed by atoms with Gasteiger partial charge in [-0.2, -0.15) is 0 Å². The van der Waals surface area contributed by atoms with Crippen molar-refractivity contribution in [3.05, 3.63) is 59.2 Å². The van der Waals surface area contributed by atoms with E-state index in [0.29, 0.717) is 12.3 Å². The average Bonchev–Trinajstić information content (AvgIpc) is 3.38. The van der Waals surface area contributed by atoms with Crippen molar-refractivity contribution in [2.75, 3.05) is 20.1 Å². The van der Waals surface area contributed by atoms with Crippen molar-refractivity contribution in [3.63, 3.8) is 0 Å². The number of halogens is 1. The van der Waals surface area contributed by atoms with Gasteiger partial charge in [-0.25, -0.2) is 0 Å². The van der Waals surface area contributed by atoms with Crippen molar-refractivity contribution >= 4 is 37.6 Å². The van der Waals surface area contributed by atoms with Crippen LogP contribution in [0, 0.1) is 17.3 Å². The lowest BCUT2D eigenvalue weighted by molar-refractivity contribution is -0.159. The number of esters is 2. The predicted octanol–water partition coefficient (Wildman–Crippen LogP) is 7.72. The van der Waals surface area contributed by atoms with Crippen LogP contribution in [0.25, 0.3) is 0 Å². The van der Waals surface area contributed by atoms with E-state index >= 15 is 0 Å². The number of carbonyl (C=O) groups excluding carboxylic acids is 3. The van der Waals surface area contributed by atoms with Crippen LogP contribution >= 0.6 is 11.6 Å². The maximum absolute atomic E-state index is 14.0. The quantitative estimate of drug-likeness (QED) is 0.0730. The molecule has 0 bridgehead atoms. The molecule has 1 spiro atoms. The van der Waals surface area contributed by atoms with Crippen LogP contribution < -0.4 is 0 Å². The Labute approximate surface area is 281 Å². The fourth-order valence-electron chi connectivity index (χ4n) is 6.38. The van der Waals surface area contributed by atoms with E-state index in [4.69, 9.17) is 35.0 Å². The summed E-state index contributed by atoms with van der Waals surface area (Å²) in [6.07, 6.45) is 3.03. The number of ether oxygens (including phenoxy) is 4. The minimum Gasteiger partial charge on any atom is -0.468 e. The second-order valence-corrected chi connectivity index (χ2v) is 19.7. The number of benzene rings is 1. The van der Waals surface area contributed by atoms with Gasteiger partial charge in [0.2, 0.25) is 0 Å². The topological polar surface area (TPSA) is 97.4 Å². The second-order valence-electron chi connectivity index (χ2n) is 14.6. The van der Waals surface area contributed by atoms with Gasteiger partial charge in [-0.15, -0.1) is 11.6 Å². The van der Waals surface area contributed by atoms with Crippen LogP contribution in [0.1, 0.15) is 79.6 Å². The van der Waals surface area contributed by atoms with Crippen molar-refractivity contribution in [1.29, 1.82) is 0 Å². The van der Waals surface area contributed by atoms with Crippen LogP contribution in [-0.2, 0) is 37.8 Å². The van der Waals surface area contributed by atoms with E-state index in [-0.39, 0.29) is 29.8 Å². The zero-order chi connectivity index (χ0) is 34.7. The van der Waals surface area contributed by atoms with Gasteiger partial charge < -0.3 is 23.4 Å². The van der Waals surface area contributed by atoms with Gasteiger partial charge in [0.25, 0.3) is 0 Å². The number of hydrogen-bond donors (Lipinski definition) is 0. The molecular formula is C36H53ClO8Si. The van der Waals surface area contributed by atoms with E-state index in [9.17, 15) is 14.4 Å². The molecule has 8 nitrogen and oxygen atoms in total. The predicted molar refractivity (Wildman–Crippen MR) is 182 cm³/mol. The summed E-state index contributed by atoms with van der Waals surface area (Å²) in [6.45, 7) is 19.1. The van der Waals surface area contributed by atoms with E-state index < -0.39 is 55.5 Å². The molecule has 1 saturated heterocycles. The first-order chi connectivity index (χ1) is 21.4. The Hall–Kier alpha value is -2.30. The first kappa shape index (κ1) is 38.1. The van der Waals surface area contributed by atoms with Crippen LogP contribution in [0.15, 0.2) is 53.6 Å². The molecule has 1 aromatic rings. The van der Waals surface area contributed by atoms with Crippen LogP contribution in [0.4, 0.5) is 0 Å². The molecule has 0 N–H and O–H groups in total. The molecule has 1 aromatic carbocycles. The fraction of sp³-hybridized carbons (Fsp3) is 0.639. The number of ketones is 1. The van der Waals surface area contributed by atoms with Gasteiger partial charge in [-0.05, 0) is 37.0 Å². The monoisotopic (exact) mass is 676 g/mol. The van der Waals surface area contributed by atoms with Gasteiger partial charge in [0, 0.05) is 35.6 Å². The molecule has 0 saturated carbocycles. The molecule has 2 aliphatic rings. The fourth-order valence-corrected chi connectivity index (χ4v) is 7.81. The maximum Gasteiger partial charge on any atom is 0.320 e. The Morgan fingerprint density at radius 3 is 2.20 bits per heavy atom. The summed E-state index contributed by atoms with van der Waals surface area (Å²) in [5.74, 6) is -3.04. The number of Topliss-reactive ketones (excluding diaryl/α,β-unsaturated/α-hetero) is 1. The van der Waals surface area contributed by atoms with Crippen molar-refractivity contribution in [2.24, 2.45) is 17.3 Å². The maximum atomic E-state index is 14.0. The van der Waals surface area contributed by atoms with Crippen molar-refractivity contribution in [3.8, 4) is 0 Å². The highest BCUT2D eigenvalue weighted by Crippen LogP contribution is 2.59. The number of rotatable bonds is 12. The first-order valence-electron chi connectivity index (χ1n) is 16.0. The summed E-state index contributed by atoms with van der Waals surface area (Å²) >= 11 is 6.14. The van der Waals surface area contributed by atoms with Gasteiger partial charge in [-0.3, -0.25) is 14.4 Å². The second kappa shape index (κ2) is 14.9. The lowest BCUT2D eigenvalue weighted by Crippen LogP contribution is -2.59. The number of alkyl halides is 1. The molecule has 1 heterocycles. The minimum absolute atomic E-state index is 0.0171. The molecule has 1 aliphatic heterocycles. The summed E-state index contributed by atoms with van der Waals surface area (Å²) in [5, 5.41) is -0.0494. The van der Waals surface area contributed by atoms with Crippen molar-refractivity contribution in [2.45, 2.75) is 110 Å². The molecule has 5 atom stereocenters. The summed E-state index contributed by atoms with van der Waals surface area (Å²) in [5.41, 5.74) is 1.23. The molecule has 3 rings (SSSR count). The van der Waals surface area contributed by atoms with Crippen molar-refractivity contribution < 1.29 is 37.8 Å². The van der Waals surface area contributed by atoms with Gasteiger partial charge >= 0.3 is 11.9 Å². The number of carbonyl (C=O) groups is 3. The third-order valence-corrected chi connectivity index (χ3v) is 15.1. The number of methoxy groups -OCH3 is 2. The third-order valence-electron chi connectivity index (χ3n) is 10.5. The molecule has 1 unspecified atom stereocenters. The zero-order valence-corrected chi connectivity index (χ0v) is 31.2.